The number of benzene rings is 2. The molecule has 0 aliphatic carbocycles. The van der Waals surface area contributed by atoms with Gasteiger partial charge in [-0.15, -0.1) is 0 Å². The maximum Gasteiger partial charge on any atom is 0.258 e. The zero-order valence-corrected chi connectivity index (χ0v) is 14.7. The Bertz CT molecular complexity index is 1040. The molecule has 1 N–H and O–H groups in total. The fraction of sp³-hybridized carbons (Fsp3) is 0.200. The number of aryl methyl sites for hydroxylation is 1. The topological polar surface area (TPSA) is 86.6 Å². The van der Waals surface area contributed by atoms with Gasteiger partial charge in [0, 0.05) is 11.4 Å². The first-order valence-electron chi connectivity index (χ1n) is 8.24. The number of aromatic nitrogens is 2. The van der Waals surface area contributed by atoms with Crippen molar-refractivity contribution in [2.24, 2.45) is 0 Å². The third kappa shape index (κ3) is 3.98. The summed E-state index contributed by atoms with van der Waals surface area (Å²) in [5, 5.41) is 10.2. The van der Waals surface area contributed by atoms with E-state index in [2.05, 4.69) is 9.97 Å². The molecule has 0 aliphatic rings. The largest absolute Gasteiger partial charge is 0.308 e. The van der Waals surface area contributed by atoms with Gasteiger partial charge in [0.15, 0.2) is 11.7 Å². The molecule has 0 saturated heterocycles. The van der Waals surface area contributed by atoms with Crippen LogP contribution in [0.2, 0.25) is 5.02 Å². The third-order valence-electron chi connectivity index (χ3n) is 4.14. The van der Waals surface area contributed by atoms with Crippen molar-refractivity contribution in [2.75, 3.05) is 0 Å². The number of carbonyl (C=O) groups is 1. The molecular formula is C20H16ClN3O2. The number of hydrogen-bond donors (Lipinski definition) is 1. The quantitative estimate of drug-likeness (QED) is 0.720. The minimum Gasteiger partial charge on any atom is -0.308 e. The van der Waals surface area contributed by atoms with E-state index in [1.54, 1.807) is 18.2 Å². The number of nitrogens with one attached hydrogen (secondary N) is 1. The van der Waals surface area contributed by atoms with Crippen LogP contribution in [0.3, 0.4) is 0 Å². The Morgan fingerprint density at radius 3 is 2.73 bits per heavy atom. The van der Waals surface area contributed by atoms with Gasteiger partial charge in [-0.3, -0.25) is 9.59 Å². The Morgan fingerprint density at radius 1 is 1.23 bits per heavy atom. The smallest absolute Gasteiger partial charge is 0.258 e. The van der Waals surface area contributed by atoms with Crippen LogP contribution in [0.15, 0.2) is 53.3 Å². The van der Waals surface area contributed by atoms with Crippen LogP contribution in [-0.2, 0) is 11.2 Å². The molecule has 6 heteroatoms. The van der Waals surface area contributed by atoms with E-state index in [-0.39, 0.29) is 23.6 Å². The molecule has 1 unspecified atom stereocenters. The molecule has 2 aromatic carbocycles. The molecule has 0 spiro atoms. The molecule has 1 heterocycles. The summed E-state index contributed by atoms with van der Waals surface area (Å²) in [6, 6.07) is 16.5. The van der Waals surface area contributed by atoms with Crippen molar-refractivity contribution in [3.63, 3.8) is 0 Å². The highest BCUT2D eigenvalue weighted by molar-refractivity contribution is 6.31. The molecule has 26 heavy (non-hydrogen) atoms. The Kier molecular flexibility index (Phi) is 5.45. The standard InChI is InChI=1S/C20H16ClN3O2/c21-14-9-10-15-17(11-14)23-19(24-20(15)26)16(12-22)18(25)8-4-7-13-5-2-1-3-6-13/h1-3,5-6,9-11,16H,4,7-8H2,(H,23,24,26). The lowest BCUT2D eigenvalue weighted by Crippen LogP contribution is -2.19. The van der Waals surface area contributed by atoms with Crippen molar-refractivity contribution in [3.8, 4) is 6.07 Å². The normalized spacial score (nSPS) is 11.8. The van der Waals surface area contributed by atoms with Gasteiger partial charge in [-0.05, 0) is 36.6 Å². The van der Waals surface area contributed by atoms with Gasteiger partial charge in [0.25, 0.3) is 5.56 Å². The molecule has 1 aromatic heterocycles. The molecule has 0 fully saturated rings. The van der Waals surface area contributed by atoms with Crippen LogP contribution in [0, 0.1) is 11.3 Å². The van der Waals surface area contributed by atoms with Gasteiger partial charge in [-0.25, -0.2) is 4.98 Å². The van der Waals surface area contributed by atoms with Crippen molar-refractivity contribution in [3.05, 3.63) is 75.3 Å². The maximum atomic E-state index is 12.5. The van der Waals surface area contributed by atoms with E-state index in [0.29, 0.717) is 22.3 Å². The van der Waals surface area contributed by atoms with Crippen molar-refractivity contribution in [2.45, 2.75) is 25.2 Å². The van der Waals surface area contributed by atoms with Crippen LogP contribution in [0.4, 0.5) is 0 Å². The maximum absolute atomic E-state index is 12.5. The first kappa shape index (κ1) is 17.8. The summed E-state index contributed by atoms with van der Waals surface area (Å²) < 4.78 is 0. The minimum absolute atomic E-state index is 0.0666. The molecule has 0 radical (unpaired) electrons. The van der Waals surface area contributed by atoms with Crippen LogP contribution >= 0.6 is 11.6 Å². The first-order valence-corrected chi connectivity index (χ1v) is 8.62. The second-order valence-electron chi connectivity index (χ2n) is 5.98. The van der Waals surface area contributed by atoms with E-state index in [1.165, 1.54) is 0 Å². The molecule has 3 aromatic rings. The highest BCUT2D eigenvalue weighted by atomic mass is 35.5. The molecule has 0 bridgehead atoms. The number of rotatable bonds is 6. The summed E-state index contributed by atoms with van der Waals surface area (Å²) in [5.41, 5.74) is 1.12. The summed E-state index contributed by atoms with van der Waals surface area (Å²) in [4.78, 5) is 31.5. The number of carbonyl (C=O) groups excluding carboxylic acids is 1. The average Bonchev–Trinajstić information content (AvgIpc) is 2.63. The van der Waals surface area contributed by atoms with Crippen molar-refractivity contribution in [1.82, 2.24) is 9.97 Å². The predicted molar refractivity (Wildman–Crippen MR) is 100 cm³/mol. The second-order valence-corrected chi connectivity index (χ2v) is 6.42. The number of nitrogens with zero attached hydrogens (tertiary/aromatic N) is 2. The Balaban J connectivity index is 1.77. The van der Waals surface area contributed by atoms with Gasteiger partial charge in [0.05, 0.1) is 17.0 Å². The first-order chi connectivity index (χ1) is 12.6. The number of H-pyrrole nitrogens is 1. The summed E-state index contributed by atoms with van der Waals surface area (Å²) in [6.07, 6.45) is 1.62. The van der Waals surface area contributed by atoms with E-state index in [0.717, 1.165) is 12.0 Å². The predicted octanol–water partition coefficient (Wildman–Crippen LogP) is 3.78. The van der Waals surface area contributed by atoms with Crippen LogP contribution in [-0.4, -0.2) is 15.8 Å². The monoisotopic (exact) mass is 365 g/mol. The fourth-order valence-electron chi connectivity index (χ4n) is 2.81. The number of ketones is 1. The fourth-order valence-corrected chi connectivity index (χ4v) is 2.98. The molecular weight excluding hydrogens is 350 g/mol. The second kappa shape index (κ2) is 7.94. The Morgan fingerprint density at radius 2 is 2.00 bits per heavy atom. The average molecular weight is 366 g/mol. The van der Waals surface area contributed by atoms with Gasteiger partial charge < -0.3 is 4.98 Å². The van der Waals surface area contributed by atoms with Crippen LogP contribution in [0.5, 0.6) is 0 Å². The van der Waals surface area contributed by atoms with Gasteiger partial charge in [-0.1, -0.05) is 41.9 Å². The van der Waals surface area contributed by atoms with Gasteiger partial charge in [0.1, 0.15) is 5.82 Å². The molecule has 130 valence electrons. The highest BCUT2D eigenvalue weighted by Gasteiger charge is 2.23. The lowest BCUT2D eigenvalue weighted by Gasteiger charge is -2.09. The number of halogens is 1. The molecule has 0 saturated carbocycles. The SMILES string of the molecule is N#CC(C(=O)CCCc1ccccc1)c1nc2cc(Cl)ccc2c(=O)[nH]1. The van der Waals surface area contributed by atoms with Gasteiger partial charge in [-0.2, -0.15) is 5.26 Å². The zero-order chi connectivity index (χ0) is 18.5. The summed E-state index contributed by atoms with van der Waals surface area (Å²) in [5.74, 6) is -1.29. The zero-order valence-electron chi connectivity index (χ0n) is 13.9. The molecule has 5 nitrogen and oxygen atoms in total. The van der Waals surface area contributed by atoms with E-state index in [4.69, 9.17) is 11.6 Å². The number of nitriles is 1. The van der Waals surface area contributed by atoms with Crippen molar-refractivity contribution in [1.29, 1.82) is 5.26 Å². The lowest BCUT2D eigenvalue weighted by atomic mass is 9.98. The van der Waals surface area contributed by atoms with E-state index in [1.807, 2.05) is 36.4 Å². The Labute approximate surface area is 155 Å². The van der Waals surface area contributed by atoms with E-state index in [9.17, 15) is 14.9 Å². The molecule has 0 aliphatic heterocycles. The number of hydrogen-bond acceptors (Lipinski definition) is 4. The van der Waals surface area contributed by atoms with E-state index >= 15 is 0 Å². The molecule has 1 atom stereocenters. The summed E-state index contributed by atoms with van der Waals surface area (Å²) in [7, 11) is 0. The number of aromatic amines is 1. The van der Waals surface area contributed by atoms with Crippen LogP contribution in [0.25, 0.3) is 10.9 Å². The Hall–Kier alpha value is -2.97. The molecule has 0 amide bonds. The summed E-state index contributed by atoms with van der Waals surface area (Å²) >= 11 is 5.94. The van der Waals surface area contributed by atoms with Crippen LogP contribution in [0.1, 0.15) is 30.1 Å². The van der Waals surface area contributed by atoms with E-state index < -0.39 is 5.92 Å². The molecule has 3 rings (SSSR count). The number of Topliss-reactive ketones (excluding diaryl/α,β-unsaturated/α-hetero) is 1. The van der Waals surface area contributed by atoms with Gasteiger partial charge >= 0.3 is 0 Å². The summed E-state index contributed by atoms with van der Waals surface area (Å²) in [6.45, 7) is 0. The van der Waals surface area contributed by atoms with Crippen LogP contribution < -0.4 is 5.56 Å². The minimum atomic E-state index is -1.10. The lowest BCUT2D eigenvalue weighted by molar-refractivity contribution is -0.119. The number of fused-ring (bicyclic) bond motifs is 1. The van der Waals surface area contributed by atoms with Gasteiger partial charge in [0.2, 0.25) is 0 Å². The van der Waals surface area contributed by atoms with Crippen molar-refractivity contribution < 1.29 is 4.79 Å². The highest BCUT2D eigenvalue weighted by Crippen LogP contribution is 2.19. The van der Waals surface area contributed by atoms with Crippen molar-refractivity contribution >= 4 is 28.3 Å². The third-order valence-corrected chi connectivity index (χ3v) is 4.38.